The van der Waals surface area contributed by atoms with Gasteiger partial charge in [0.05, 0.1) is 0 Å². The summed E-state index contributed by atoms with van der Waals surface area (Å²) >= 11 is 3.57. The summed E-state index contributed by atoms with van der Waals surface area (Å²) in [5, 5.41) is 3.41. The van der Waals surface area contributed by atoms with E-state index in [0.29, 0.717) is 0 Å². The van der Waals surface area contributed by atoms with Crippen LogP contribution in [-0.4, -0.2) is 37.6 Å². The molecule has 0 aromatic heterocycles. The first kappa shape index (κ1) is 16.0. The quantitative estimate of drug-likeness (QED) is 0.879. The van der Waals surface area contributed by atoms with Crippen molar-refractivity contribution in [2.24, 2.45) is 0 Å². The van der Waals surface area contributed by atoms with Gasteiger partial charge in [0.15, 0.2) is 0 Å². The second-order valence-corrected chi connectivity index (χ2v) is 7.01. The molecule has 0 radical (unpaired) electrons. The molecule has 0 amide bonds. The Balaban J connectivity index is 1.83. The highest BCUT2D eigenvalue weighted by molar-refractivity contribution is 9.10. The summed E-state index contributed by atoms with van der Waals surface area (Å²) in [5.74, 6) is 0. The van der Waals surface area contributed by atoms with Crippen LogP contribution in [0.4, 0.5) is 0 Å². The maximum Gasteiger partial charge on any atom is 0.0178 e. The van der Waals surface area contributed by atoms with Crippen LogP contribution in [0, 0.1) is 6.92 Å². The average Bonchev–Trinajstić information content (AvgIpc) is 2.48. The molecule has 1 saturated carbocycles. The van der Waals surface area contributed by atoms with E-state index in [0.717, 1.165) is 25.0 Å². The number of rotatable bonds is 5. The molecular weight excluding hydrogens is 312 g/mol. The Morgan fingerprint density at radius 1 is 1.25 bits per heavy atom. The van der Waals surface area contributed by atoms with Crippen molar-refractivity contribution in [1.29, 1.82) is 0 Å². The molecule has 1 aromatic rings. The minimum atomic E-state index is 0.743. The van der Waals surface area contributed by atoms with Gasteiger partial charge in [-0.05, 0) is 76.4 Å². The fourth-order valence-electron chi connectivity index (χ4n) is 3.19. The van der Waals surface area contributed by atoms with Crippen LogP contribution in [0.2, 0.25) is 0 Å². The van der Waals surface area contributed by atoms with Crippen molar-refractivity contribution < 1.29 is 0 Å². The second kappa shape index (κ2) is 7.58. The maximum atomic E-state index is 3.57. The summed E-state index contributed by atoms with van der Waals surface area (Å²) in [6, 6.07) is 8.11. The van der Waals surface area contributed by atoms with E-state index in [2.05, 4.69) is 65.4 Å². The predicted octanol–water partition coefficient (Wildman–Crippen LogP) is 3.76. The SMILES string of the molecule is CNC1CCC(N(C)CCc2cc(Br)ccc2C)CC1. The molecule has 0 spiro atoms. The molecule has 1 aliphatic carbocycles. The van der Waals surface area contributed by atoms with E-state index in [9.17, 15) is 0 Å². The van der Waals surface area contributed by atoms with Crippen molar-refractivity contribution in [3.05, 3.63) is 33.8 Å². The van der Waals surface area contributed by atoms with Crippen LogP contribution in [-0.2, 0) is 6.42 Å². The predicted molar refractivity (Wildman–Crippen MR) is 90.3 cm³/mol. The molecule has 0 unspecified atom stereocenters. The van der Waals surface area contributed by atoms with Gasteiger partial charge in [0.2, 0.25) is 0 Å². The zero-order valence-corrected chi connectivity index (χ0v) is 14.5. The summed E-state index contributed by atoms with van der Waals surface area (Å²) in [6.07, 6.45) is 6.45. The number of halogens is 1. The van der Waals surface area contributed by atoms with Crippen LogP contribution in [0.1, 0.15) is 36.8 Å². The Morgan fingerprint density at radius 3 is 2.60 bits per heavy atom. The third kappa shape index (κ3) is 4.31. The van der Waals surface area contributed by atoms with E-state index >= 15 is 0 Å². The maximum absolute atomic E-state index is 3.57. The number of benzene rings is 1. The highest BCUT2D eigenvalue weighted by Gasteiger charge is 2.22. The highest BCUT2D eigenvalue weighted by Crippen LogP contribution is 2.23. The van der Waals surface area contributed by atoms with Crippen LogP contribution >= 0.6 is 15.9 Å². The molecule has 0 atom stereocenters. The lowest BCUT2D eigenvalue weighted by Crippen LogP contribution is -2.40. The van der Waals surface area contributed by atoms with Gasteiger partial charge in [0.1, 0.15) is 0 Å². The molecular formula is C17H27BrN2. The van der Waals surface area contributed by atoms with Crippen molar-refractivity contribution in [2.45, 2.75) is 51.1 Å². The normalized spacial score (nSPS) is 23.2. The number of nitrogens with one attached hydrogen (secondary N) is 1. The van der Waals surface area contributed by atoms with Gasteiger partial charge < -0.3 is 10.2 Å². The van der Waals surface area contributed by atoms with Crippen molar-refractivity contribution in [2.75, 3.05) is 20.6 Å². The van der Waals surface area contributed by atoms with E-state index in [4.69, 9.17) is 0 Å². The van der Waals surface area contributed by atoms with E-state index in [1.807, 2.05) is 0 Å². The lowest BCUT2D eigenvalue weighted by atomic mass is 9.90. The smallest absolute Gasteiger partial charge is 0.0178 e. The van der Waals surface area contributed by atoms with Crippen molar-refractivity contribution in [3.63, 3.8) is 0 Å². The largest absolute Gasteiger partial charge is 0.317 e. The fourth-order valence-corrected chi connectivity index (χ4v) is 3.60. The molecule has 0 aliphatic heterocycles. The van der Waals surface area contributed by atoms with Gasteiger partial charge in [-0.25, -0.2) is 0 Å². The number of likely N-dealkylation sites (N-methyl/N-ethyl adjacent to an activating group) is 1. The molecule has 1 aliphatic rings. The van der Waals surface area contributed by atoms with Gasteiger partial charge in [0.25, 0.3) is 0 Å². The summed E-state index contributed by atoms with van der Waals surface area (Å²) in [7, 11) is 4.38. The Labute approximate surface area is 132 Å². The minimum Gasteiger partial charge on any atom is -0.317 e. The first-order chi connectivity index (χ1) is 9.60. The van der Waals surface area contributed by atoms with E-state index in [1.54, 1.807) is 0 Å². The first-order valence-corrected chi connectivity index (χ1v) is 8.52. The molecule has 0 heterocycles. The van der Waals surface area contributed by atoms with Gasteiger partial charge in [-0.3, -0.25) is 0 Å². The summed E-state index contributed by atoms with van der Waals surface area (Å²) in [4.78, 5) is 2.56. The standard InChI is InChI=1S/C17H27BrN2/c1-13-4-5-15(18)12-14(13)10-11-20(3)17-8-6-16(19-2)7-9-17/h4-5,12,16-17,19H,6-11H2,1-3H3. The molecule has 3 heteroatoms. The molecule has 20 heavy (non-hydrogen) atoms. The second-order valence-electron chi connectivity index (χ2n) is 6.10. The zero-order chi connectivity index (χ0) is 14.5. The van der Waals surface area contributed by atoms with E-state index < -0.39 is 0 Å². The number of hydrogen-bond acceptors (Lipinski definition) is 2. The van der Waals surface area contributed by atoms with Gasteiger partial charge in [0, 0.05) is 23.1 Å². The van der Waals surface area contributed by atoms with Crippen LogP contribution in [0.15, 0.2) is 22.7 Å². The van der Waals surface area contributed by atoms with Crippen LogP contribution in [0.3, 0.4) is 0 Å². The summed E-state index contributed by atoms with van der Waals surface area (Å²) in [6.45, 7) is 3.37. The molecule has 1 N–H and O–H groups in total. The Morgan fingerprint density at radius 2 is 1.95 bits per heavy atom. The van der Waals surface area contributed by atoms with Gasteiger partial charge in [-0.1, -0.05) is 22.0 Å². The summed E-state index contributed by atoms with van der Waals surface area (Å²) in [5.41, 5.74) is 2.87. The lowest BCUT2D eigenvalue weighted by molar-refractivity contribution is 0.178. The van der Waals surface area contributed by atoms with Crippen LogP contribution in [0.5, 0.6) is 0 Å². The third-order valence-corrected chi connectivity index (χ3v) is 5.27. The third-order valence-electron chi connectivity index (χ3n) is 4.77. The highest BCUT2D eigenvalue weighted by atomic mass is 79.9. The van der Waals surface area contributed by atoms with Crippen molar-refractivity contribution >= 4 is 15.9 Å². The molecule has 2 rings (SSSR count). The number of nitrogens with zero attached hydrogens (tertiary/aromatic N) is 1. The van der Waals surface area contributed by atoms with Crippen molar-refractivity contribution in [3.8, 4) is 0 Å². The number of hydrogen-bond donors (Lipinski definition) is 1. The average molecular weight is 339 g/mol. The zero-order valence-electron chi connectivity index (χ0n) is 13.0. The Bertz CT molecular complexity index is 425. The molecule has 2 nitrogen and oxygen atoms in total. The number of aryl methyl sites for hydroxylation is 1. The first-order valence-electron chi connectivity index (χ1n) is 7.72. The molecule has 112 valence electrons. The Hall–Kier alpha value is -0.380. The monoisotopic (exact) mass is 338 g/mol. The van der Waals surface area contributed by atoms with Crippen LogP contribution < -0.4 is 5.32 Å². The molecule has 0 bridgehead atoms. The molecule has 0 saturated heterocycles. The van der Waals surface area contributed by atoms with E-state index in [1.165, 1.54) is 41.3 Å². The van der Waals surface area contributed by atoms with Gasteiger partial charge in [-0.15, -0.1) is 0 Å². The molecule has 1 fully saturated rings. The minimum absolute atomic E-state index is 0.743. The molecule has 1 aromatic carbocycles. The van der Waals surface area contributed by atoms with Crippen molar-refractivity contribution in [1.82, 2.24) is 10.2 Å². The summed E-state index contributed by atoms with van der Waals surface area (Å²) < 4.78 is 1.19. The van der Waals surface area contributed by atoms with Gasteiger partial charge >= 0.3 is 0 Å². The lowest BCUT2D eigenvalue weighted by Gasteiger charge is -2.34. The van der Waals surface area contributed by atoms with Gasteiger partial charge in [-0.2, -0.15) is 0 Å². The fraction of sp³-hybridized carbons (Fsp3) is 0.647. The Kier molecular flexibility index (Phi) is 6.06. The van der Waals surface area contributed by atoms with Crippen LogP contribution in [0.25, 0.3) is 0 Å². The van der Waals surface area contributed by atoms with E-state index in [-0.39, 0.29) is 0 Å². The topological polar surface area (TPSA) is 15.3 Å².